The summed E-state index contributed by atoms with van der Waals surface area (Å²) in [6, 6.07) is 11.2. The maximum absolute atomic E-state index is 11.6. The van der Waals surface area contributed by atoms with E-state index in [1.807, 2.05) is 37.3 Å². The number of nitrogens with one attached hydrogen (secondary N) is 1. The first-order valence-corrected chi connectivity index (χ1v) is 8.52. The number of H-pyrrole nitrogens is 1. The number of aryl methyl sites for hydroxylation is 1. The Morgan fingerprint density at radius 3 is 2.52 bits per heavy atom. The molecule has 2 atom stereocenters. The molecule has 5 heteroatoms. The minimum atomic E-state index is -0.357. The normalized spacial score (nSPS) is 13.1. The van der Waals surface area contributed by atoms with Crippen molar-refractivity contribution in [2.75, 3.05) is 13.2 Å². The third-order valence-electron chi connectivity index (χ3n) is 4.27. The average molecular weight is 339 g/mol. The van der Waals surface area contributed by atoms with Gasteiger partial charge in [-0.05, 0) is 55.5 Å². The van der Waals surface area contributed by atoms with Crippen molar-refractivity contribution in [2.24, 2.45) is 17.6 Å². The predicted molar refractivity (Wildman–Crippen MR) is 99.4 cm³/mol. The Balaban J connectivity index is 2.08. The topological polar surface area (TPSA) is 91.9 Å². The Bertz CT molecular complexity index is 803. The number of nitrogens with zero attached hydrogens (tertiary/aromatic N) is 1. The van der Waals surface area contributed by atoms with E-state index in [1.165, 1.54) is 0 Å². The van der Waals surface area contributed by atoms with Gasteiger partial charge in [0.1, 0.15) is 17.4 Å². The smallest absolute Gasteiger partial charge is 0.266 e. The molecule has 0 saturated carbocycles. The quantitative estimate of drug-likeness (QED) is 0.810. The van der Waals surface area contributed by atoms with Crippen molar-refractivity contribution in [3.8, 4) is 22.9 Å². The summed E-state index contributed by atoms with van der Waals surface area (Å²) in [5.41, 5.74) is 7.93. The van der Waals surface area contributed by atoms with Crippen LogP contribution in [0.25, 0.3) is 11.1 Å². The van der Waals surface area contributed by atoms with Gasteiger partial charge in [-0.3, -0.25) is 4.79 Å². The molecule has 132 valence electrons. The number of benzene rings is 1. The summed E-state index contributed by atoms with van der Waals surface area (Å²) < 4.78 is 5.85. The highest BCUT2D eigenvalue weighted by molar-refractivity contribution is 5.67. The monoisotopic (exact) mass is 339 g/mol. The summed E-state index contributed by atoms with van der Waals surface area (Å²) in [5, 5.41) is 9.03. The van der Waals surface area contributed by atoms with E-state index in [-0.39, 0.29) is 11.1 Å². The minimum absolute atomic E-state index is 0.115. The molecule has 1 heterocycles. The Kier molecular flexibility index (Phi) is 6.37. The van der Waals surface area contributed by atoms with Crippen LogP contribution >= 0.6 is 0 Å². The van der Waals surface area contributed by atoms with Crippen LogP contribution in [0, 0.1) is 30.1 Å². The summed E-state index contributed by atoms with van der Waals surface area (Å²) >= 11 is 0. The number of pyridine rings is 1. The molecule has 0 amide bonds. The lowest BCUT2D eigenvalue weighted by Crippen LogP contribution is -2.17. The number of aromatic nitrogens is 1. The van der Waals surface area contributed by atoms with Gasteiger partial charge >= 0.3 is 0 Å². The largest absolute Gasteiger partial charge is 0.493 e. The lowest BCUT2D eigenvalue weighted by atomic mass is 9.98. The van der Waals surface area contributed by atoms with Crippen LogP contribution in [0.2, 0.25) is 0 Å². The molecule has 1 aromatic carbocycles. The molecular formula is C20H25N3O2. The highest BCUT2D eigenvalue weighted by Crippen LogP contribution is 2.25. The molecule has 3 N–H and O–H groups in total. The maximum atomic E-state index is 11.6. The molecule has 0 aliphatic rings. The van der Waals surface area contributed by atoms with Gasteiger partial charge in [-0.2, -0.15) is 5.26 Å². The number of nitriles is 1. The van der Waals surface area contributed by atoms with Gasteiger partial charge in [-0.1, -0.05) is 26.0 Å². The number of hydrogen-bond donors (Lipinski definition) is 2. The molecule has 0 saturated heterocycles. The van der Waals surface area contributed by atoms with E-state index in [0.29, 0.717) is 25.0 Å². The first-order chi connectivity index (χ1) is 11.9. The van der Waals surface area contributed by atoms with Crippen LogP contribution in [0.4, 0.5) is 0 Å². The van der Waals surface area contributed by atoms with Crippen LogP contribution in [-0.2, 0) is 0 Å². The van der Waals surface area contributed by atoms with Gasteiger partial charge < -0.3 is 15.5 Å². The molecule has 0 aliphatic heterocycles. The van der Waals surface area contributed by atoms with Gasteiger partial charge in [0, 0.05) is 11.3 Å². The van der Waals surface area contributed by atoms with E-state index in [1.54, 1.807) is 6.07 Å². The van der Waals surface area contributed by atoms with E-state index in [2.05, 4.69) is 18.8 Å². The standard InChI is InChI=1S/C20H25N3O2/c1-13(10-21)8-14(2)12-25-18-6-4-16(5-7-18)19-9-17(11-22)20(24)23-15(19)3/h4-7,9,13-14H,8,10,12,21H2,1-3H3,(H,23,24). The highest BCUT2D eigenvalue weighted by Gasteiger charge is 2.10. The van der Waals surface area contributed by atoms with Crippen molar-refractivity contribution < 1.29 is 4.74 Å². The fourth-order valence-electron chi connectivity index (χ4n) is 2.83. The average Bonchev–Trinajstić information content (AvgIpc) is 2.60. The molecular weight excluding hydrogens is 314 g/mol. The van der Waals surface area contributed by atoms with Crippen LogP contribution in [0.15, 0.2) is 35.1 Å². The molecule has 0 bridgehead atoms. The molecule has 1 aromatic heterocycles. The van der Waals surface area contributed by atoms with Crippen molar-refractivity contribution in [1.29, 1.82) is 5.26 Å². The maximum Gasteiger partial charge on any atom is 0.266 e. The summed E-state index contributed by atoms with van der Waals surface area (Å²) in [6.07, 6.45) is 1.04. The van der Waals surface area contributed by atoms with E-state index in [0.717, 1.165) is 29.0 Å². The molecule has 0 spiro atoms. The van der Waals surface area contributed by atoms with Gasteiger partial charge in [0.2, 0.25) is 0 Å². The van der Waals surface area contributed by atoms with E-state index in [4.69, 9.17) is 15.7 Å². The Labute approximate surface area is 148 Å². The Morgan fingerprint density at radius 1 is 1.24 bits per heavy atom. The zero-order valence-corrected chi connectivity index (χ0v) is 15.0. The first-order valence-electron chi connectivity index (χ1n) is 8.52. The van der Waals surface area contributed by atoms with Crippen molar-refractivity contribution in [1.82, 2.24) is 4.98 Å². The van der Waals surface area contributed by atoms with Crippen LogP contribution in [0.5, 0.6) is 5.75 Å². The third-order valence-corrected chi connectivity index (χ3v) is 4.27. The lowest BCUT2D eigenvalue weighted by Gasteiger charge is -2.16. The third kappa shape index (κ3) is 4.94. The highest BCUT2D eigenvalue weighted by atomic mass is 16.5. The second-order valence-electron chi connectivity index (χ2n) is 6.68. The molecule has 25 heavy (non-hydrogen) atoms. The lowest BCUT2D eigenvalue weighted by molar-refractivity contribution is 0.237. The van der Waals surface area contributed by atoms with Gasteiger partial charge in [-0.25, -0.2) is 0 Å². The van der Waals surface area contributed by atoms with Crippen molar-refractivity contribution in [3.63, 3.8) is 0 Å². The molecule has 2 aromatic rings. The predicted octanol–water partition coefficient (Wildman–Crippen LogP) is 3.22. The molecule has 2 rings (SSSR count). The number of hydrogen-bond acceptors (Lipinski definition) is 4. The Morgan fingerprint density at radius 2 is 1.92 bits per heavy atom. The van der Waals surface area contributed by atoms with Crippen molar-refractivity contribution in [3.05, 3.63) is 51.9 Å². The fraction of sp³-hybridized carbons (Fsp3) is 0.400. The first kappa shape index (κ1) is 18.8. The summed E-state index contributed by atoms with van der Waals surface area (Å²) in [7, 11) is 0. The number of rotatable bonds is 7. The van der Waals surface area contributed by atoms with Crippen molar-refractivity contribution in [2.45, 2.75) is 27.2 Å². The second kappa shape index (κ2) is 8.50. The number of nitrogens with two attached hydrogens (primary N) is 1. The second-order valence-corrected chi connectivity index (χ2v) is 6.68. The molecule has 5 nitrogen and oxygen atoms in total. The van der Waals surface area contributed by atoms with Crippen LogP contribution < -0.4 is 16.0 Å². The summed E-state index contributed by atoms with van der Waals surface area (Å²) in [6.45, 7) is 7.48. The molecule has 0 fully saturated rings. The SMILES string of the molecule is Cc1[nH]c(=O)c(C#N)cc1-c1ccc(OCC(C)CC(C)CN)cc1. The summed E-state index contributed by atoms with van der Waals surface area (Å²) in [5.74, 6) is 1.75. The van der Waals surface area contributed by atoms with Crippen LogP contribution in [-0.4, -0.2) is 18.1 Å². The number of ether oxygens (including phenoxy) is 1. The summed E-state index contributed by atoms with van der Waals surface area (Å²) in [4.78, 5) is 14.4. The number of aromatic amines is 1. The van der Waals surface area contributed by atoms with Crippen LogP contribution in [0.1, 0.15) is 31.5 Å². The van der Waals surface area contributed by atoms with Gasteiger partial charge in [0.25, 0.3) is 5.56 Å². The van der Waals surface area contributed by atoms with Gasteiger partial charge in [-0.15, -0.1) is 0 Å². The zero-order chi connectivity index (χ0) is 18.4. The van der Waals surface area contributed by atoms with E-state index < -0.39 is 0 Å². The fourth-order valence-corrected chi connectivity index (χ4v) is 2.83. The van der Waals surface area contributed by atoms with Gasteiger partial charge in [0.15, 0.2) is 0 Å². The Hall–Kier alpha value is -2.58. The van der Waals surface area contributed by atoms with E-state index in [9.17, 15) is 4.79 Å². The molecule has 0 radical (unpaired) electrons. The van der Waals surface area contributed by atoms with Crippen molar-refractivity contribution >= 4 is 0 Å². The van der Waals surface area contributed by atoms with Gasteiger partial charge in [0.05, 0.1) is 6.61 Å². The minimum Gasteiger partial charge on any atom is -0.493 e. The molecule has 0 aliphatic carbocycles. The molecule has 2 unspecified atom stereocenters. The zero-order valence-electron chi connectivity index (χ0n) is 15.0. The van der Waals surface area contributed by atoms with Crippen LogP contribution in [0.3, 0.4) is 0 Å². The van der Waals surface area contributed by atoms with E-state index >= 15 is 0 Å².